The lowest BCUT2D eigenvalue weighted by Gasteiger charge is -2.28. The molecule has 0 amide bonds. The molecule has 2 aromatic carbocycles. The maximum Gasteiger partial charge on any atom is 0.338 e. The third-order valence-corrected chi connectivity index (χ3v) is 5.77. The van der Waals surface area contributed by atoms with E-state index in [0.29, 0.717) is 23.8 Å². The first-order valence-corrected chi connectivity index (χ1v) is 11.3. The van der Waals surface area contributed by atoms with Crippen LogP contribution in [-0.4, -0.2) is 27.3 Å². The molecule has 2 heterocycles. The second-order valence-corrected chi connectivity index (χ2v) is 9.29. The average Bonchev–Trinajstić information content (AvgIpc) is 3.28. The minimum Gasteiger partial charge on any atom is -0.489 e. The van der Waals surface area contributed by atoms with Crippen molar-refractivity contribution in [2.24, 2.45) is 0 Å². The molecule has 1 unspecified atom stereocenters. The fourth-order valence-corrected chi connectivity index (χ4v) is 3.89. The predicted molar refractivity (Wildman–Crippen MR) is 132 cm³/mol. The van der Waals surface area contributed by atoms with Gasteiger partial charge in [0.1, 0.15) is 31.3 Å². The van der Waals surface area contributed by atoms with E-state index in [1.807, 2.05) is 31.2 Å². The Morgan fingerprint density at radius 3 is 2.50 bits per heavy atom. The van der Waals surface area contributed by atoms with E-state index in [9.17, 15) is 4.79 Å². The van der Waals surface area contributed by atoms with Gasteiger partial charge in [0.2, 0.25) is 5.95 Å². The van der Waals surface area contributed by atoms with E-state index in [0.717, 1.165) is 16.9 Å². The Morgan fingerprint density at radius 2 is 1.85 bits per heavy atom. The van der Waals surface area contributed by atoms with Crippen LogP contribution in [0.4, 0.5) is 5.95 Å². The predicted octanol–water partition coefficient (Wildman–Crippen LogP) is 5.17. The van der Waals surface area contributed by atoms with Crippen LogP contribution in [-0.2, 0) is 21.6 Å². The van der Waals surface area contributed by atoms with Gasteiger partial charge in [-0.15, -0.1) is 0 Å². The summed E-state index contributed by atoms with van der Waals surface area (Å²) < 4.78 is 13.0. The molecular weight excluding hydrogens is 428 g/mol. The lowest BCUT2D eigenvalue weighted by molar-refractivity contribution is -0.138. The summed E-state index contributed by atoms with van der Waals surface area (Å²) in [4.78, 5) is 17.1. The summed E-state index contributed by atoms with van der Waals surface area (Å²) in [6, 6.07) is 15.7. The Morgan fingerprint density at radius 1 is 1.15 bits per heavy atom. The van der Waals surface area contributed by atoms with Crippen molar-refractivity contribution in [2.45, 2.75) is 45.8 Å². The topological polar surface area (TPSA) is 78.3 Å². The van der Waals surface area contributed by atoms with E-state index in [-0.39, 0.29) is 12.0 Å². The number of nitrogens with zero attached hydrogens (tertiary/aromatic N) is 3. The van der Waals surface area contributed by atoms with Crippen LogP contribution >= 0.6 is 0 Å². The smallest absolute Gasteiger partial charge is 0.338 e. The molecule has 1 atom stereocenters. The van der Waals surface area contributed by atoms with Crippen LogP contribution in [0.25, 0.3) is 0 Å². The van der Waals surface area contributed by atoms with E-state index in [1.54, 1.807) is 10.8 Å². The van der Waals surface area contributed by atoms with Crippen molar-refractivity contribution in [3.8, 4) is 5.75 Å². The number of rotatable bonds is 7. The number of hydrogen-bond acceptors (Lipinski definition) is 6. The third kappa shape index (κ3) is 4.88. The molecule has 0 bridgehead atoms. The molecular formula is C27H30N4O3. The highest BCUT2D eigenvalue weighted by molar-refractivity contribution is 5.92. The van der Waals surface area contributed by atoms with Gasteiger partial charge < -0.3 is 14.8 Å². The van der Waals surface area contributed by atoms with Gasteiger partial charge in [0.05, 0.1) is 5.57 Å². The van der Waals surface area contributed by atoms with Crippen LogP contribution < -0.4 is 10.1 Å². The largest absolute Gasteiger partial charge is 0.489 e. The Kier molecular flexibility index (Phi) is 6.54. The highest BCUT2D eigenvalue weighted by Gasteiger charge is 2.34. The highest BCUT2D eigenvalue weighted by Crippen LogP contribution is 2.35. The van der Waals surface area contributed by atoms with Gasteiger partial charge in [-0.1, -0.05) is 69.8 Å². The van der Waals surface area contributed by atoms with Gasteiger partial charge in [0.15, 0.2) is 0 Å². The molecule has 1 N–H and O–H groups in total. The average molecular weight is 459 g/mol. The minimum atomic E-state index is -0.463. The Balaban J connectivity index is 1.52. The van der Waals surface area contributed by atoms with Crippen LogP contribution in [0, 0.1) is 0 Å². The summed E-state index contributed by atoms with van der Waals surface area (Å²) in [6.45, 7) is 12.7. The molecule has 0 fully saturated rings. The van der Waals surface area contributed by atoms with E-state index < -0.39 is 12.0 Å². The molecule has 34 heavy (non-hydrogen) atoms. The summed E-state index contributed by atoms with van der Waals surface area (Å²) in [5, 5.41) is 7.46. The number of esters is 1. The van der Waals surface area contributed by atoms with Crippen molar-refractivity contribution < 1.29 is 14.3 Å². The zero-order valence-corrected chi connectivity index (χ0v) is 20.0. The SMILES string of the molecule is C=CCOC(=O)C1=C(C)Nc2ncnn2C1c1ccc(OCc2ccc(C(C)(C)C)cc2)cc1. The molecule has 176 valence electrons. The molecule has 1 aliphatic heterocycles. The number of hydrogen-bond donors (Lipinski definition) is 1. The number of aromatic nitrogens is 3. The summed E-state index contributed by atoms with van der Waals surface area (Å²) in [6.07, 6.45) is 3.01. The lowest BCUT2D eigenvalue weighted by atomic mass is 9.87. The van der Waals surface area contributed by atoms with Gasteiger partial charge in [0.25, 0.3) is 0 Å². The number of nitrogens with one attached hydrogen (secondary N) is 1. The fourth-order valence-electron chi connectivity index (χ4n) is 3.89. The zero-order chi connectivity index (χ0) is 24.3. The third-order valence-electron chi connectivity index (χ3n) is 5.77. The van der Waals surface area contributed by atoms with Gasteiger partial charge in [-0.2, -0.15) is 10.1 Å². The Bertz CT molecular complexity index is 1200. The lowest BCUT2D eigenvalue weighted by Crippen LogP contribution is -2.29. The highest BCUT2D eigenvalue weighted by atomic mass is 16.5. The number of carbonyl (C=O) groups is 1. The quantitative estimate of drug-likeness (QED) is 0.389. The summed E-state index contributed by atoms with van der Waals surface area (Å²) in [7, 11) is 0. The van der Waals surface area contributed by atoms with E-state index >= 15 is 0 Å². The molecule has 0 radical (unpaired) electrons. The monoisotopic (exact) mass is 458 g/mol. The molecule has 7 heteroatoms. The van der Waals surface area contributed by atoms with Gasteiger partial charge in [-0.05, 0) is 41.2 Å². The van der Waals surface area contributed by atoms with Crippen LogP contribution in [0.2, 0.25) is 0 Å². The van der Waals surface area contributed by atoms with Crippen molar-refractivity contribution in [1.29, 1.82) is 0 Å². The molecule has 0 saturated heterocycles. The van der Waals surface area contributed by atoms with Crippen molar-refractivity contribution >= 4 is 11.9 Å². The first-order valence-electron chi connectivity index (χ1n) is 11.3. The van der Waals surface area contributed by atoms with Crippen molar-refractivity contribution in [3.05, 3.63) is 95.5 Å². The number of benzene rings is 2. The van der Waals surface area contributed by atoms with Crippen molar-refractivity contribution in [1.82, 2.24) is 14.8 Å². The normalized spacial score (nSPS) is 15.4. The molecule has 0 saturated carbocycles. The van der Waals surface area contributed by atoms with Crippen LogP contribution in [0.1, 0.15) is 50.4 Å². The maximum atomic E-state index is 12.8. The van der Waals surface area contributed by atoms with Crippen LogP contribution in [0.5, 0.6) is 5.75 Å². The minimum absolute atomic E-state index is 0.123. The molecule has 7 nitrogen and oxygen atoms in total. The molecule has 0 aliphatic carbocycles. The Hall–Kier alpha value is -3.87. The summed E-state index contributed by atoms with van der Waals surface area (Å²) >= 11 is 0. The summed E-state index contributed by atoms with van der Waals surface area (Å²) in [5.74, 6) is 0.893. The maximum absolute atomic E-state index is 12.8. The van der Waals surface area contributed by atoms with Crippen LogP contribution in [0.15, 0.2) is 78.8 Å². The van der Waals surface area contributed by atoms with E-state index in [2.05, 4.69) is 67.0 Å². The summed E-state index contributed by atoms with van der Waals surface area (Å²) in [5.41, 5.74) is 4.55. The number of allylic oxidation sites excluding steroid dienone is 1. The van der Waals surface area contributed by atoms with Gasteiger partial charge in [0, 0.05) is 5.70 Å². The molecule has 0 spiro atoms. The molecule has 1 aliphatic rings. The number of fused-ring (bicyclic) bond motifs is 1. The van der Waals surface area contributed by atoms with Gasteiger partial charge in [-0.25, -0.2) is 9.48 Å². The van der Waals surface area contributed by atoms with Gasteiger partial charge in [-0.3, -0.25) is 0 Å². The second-order valence-electron chi connectivity index (χ2n) is 9.29. The van der Waals surface area contributed by atoms with Gasteiger partial charge >= 0.3 is 5.97 Å². The second kappa shape index (κ2) is 9.55. The zero-order valence-electron chi connectivity index (χ0n) is 20.0. The number of anilines is 1. The van der Waals surface area contributed by atoms with E-state index in [4.69, 9.17) is 9.47 Å². The molecule has 1 aromatic heterocycles. The number of ether oxygens (including phenoxy) is 2. The van der Waals surface area contributed by atoms with E-state index in [1.165, 1.54) is 11.9 Å². The fraction of sp³-hybridized carbons (Fsp3) is 0.296. The van der Waals surface area contributed by atoms with Crippen LogP contribution in [0.3, 0.4) is 0 Å². The molecule has 3 aromatic rings. The van der Waals surface area contributed by atoms with Crippen molar-refractivity contribution in [3.63, 3.8) is 0 Å². The number of carbonyl (C=O) groups excluding carboxylic acids is 1. The first kappa shape index (κ1) is 23.3. The molecule has 4 rings (SSSR count). The van der Waals surface area contributed by atoms with Crippen molar-refractivity contribution in [2.75, 3.05) is 11.9 Å². The Labute approximate surface area is 200 Å². The standard InChI is InChI=1S/C27H30N4O3/c1-6-15-33-25(32)23-18(2)30-26-28-17-29-31(26)24(23)20-9-13-22(14-10-20)34-16-19-7-11-21(12-8-19)27(3,4)5/h6-14,17,24H,1,15-16H2,2-5H3,(H,28,29,30). The first-order chi connectivity index (χ1) is 16.3.